The summed E-state index contributed by atoms with van der Waals surface area (Å²) in [5, 5.41) is 21.4. The molecule has 26 heavy (non-hydrogen) atoms. The van der Waals surface area contributed by atoms with Gasteiger partial charge in [0.15, 0.2) is 0 Å². The Bertz CT molecular complexity index is 490. The van der Waals surface area contributed by atoms with E-state index < -0.39 is 18.1 Å². The first-order valence-corrected chi connectivity index (χ1v) is 10.0. The van der Waals surface area contributed by atoms with Crippen molar-refractivity contribution in [1.29, 1.82) is 0 Å². The number of carbonyl (C=O) groups excluding carboxylic acids is 2. The Morgan fingerprint density at radius 1 is 1.12 bits per heavy atom. The molecule has 1 aliphatic carbocycles. The Morgan fingerprint density at radius 2 is 1.81 bits per heavy atom. The van der Waals surface area contributed by atoms with Crippen LogP contribution in [0.15, 0.2) is 0 Å². The highest BCUT2D eigenvalue weighted by Gasteiger charge is 2.38. The monoisotopic (exact) mass is 368 g/mol. The first-order chi connectivity index (χ1) is 12.5. The van der Waals surface area contributed by atoms with Gasteiger partial charge in [0.05, 0.1) is 6.10 Å². The summed E-state index contributed by atoms with van der Waals surface area (Å²) in [7, 11) is 0. The molecule has 1 aliphatic heterocycles. The number of nitrogens with one attached hydrogen (secondary N) is 1. The third-order valence-electron chi connectivity index (χ3n) is 5.65. The first kappa shape index (κ1) is 20.7. The van der Waals surface area contributed by atoms with Crippen molar-refractivity contribution in [3.05, 3.63) is 0 Å². The van der Waals surface area contributed by atoms with E-state index in [1.807, 2.05) is 0 Å². The van der Waals surface area contributed by atoms with Gasteiger partial charge in [-0.2, -0.15) is 0 Å². The maximum Gasteiger partial charge on any atom is 0.324 e. The number of carboxylic acids is 1. The highest BCUT2D eigenvalue weighted by atomic mass is 16.4. The summed E-state index contributed by atoms with van der Waals surface area (Å²) in [6.45, 7) is 0.402. The average molecular weight is 368 g/mol. The number of nitrogens with zero attached hydrogens (tertiary/aromatic N) is 1. The van der Waals surface area contributed by atoms with Crippen LogP contribution in [0.3, 0.4) is 0 Å². The number of hydrogen-bond acceptors (Lipinski definition) is 4. The summed E-state index contributed by atoms with van der Waals surface area (Å²) in [5.41, 5.74) is 0. The molecule has 0 bridgehead atoms. The van der Waals surface area contributed by atoms with Crippen LogP contribution in [0.2, 0.25) is 0 Å². The molecule has 0 spiro atoms. The minimum atomic E-state index is -0.784. The van der Waals surface area contributed by atoms with Crippen molar-refractivity contribution < 1.29 is 24.6 Å². The third kappa shape index (κ3) is 6.27. The van der Waals surface area contributed by atoms with Crippen LogP contribution < -0.4 is 5.32 Å². The maximum absolute atomic E-state index is 12.0. The van der Waals surface area contributed by atoms with Crippen LogP contribution in [0, 0.1) is 5.92 Å². The molecule has 0 radical (unpaired) electrons. The summed E-state index contributed by atoms with van der Waals surface area (Å²) in [4.78, 5) is 36.1. The van der Waals surface area contributed by atoms with Gasteiger partial charge in [-0.05, 0) is 38.0 Å². The summed E-state index contributed by atoms with van der Waals surface area (Å²) in [6, 6.07) is -0.817. The van der Waals surface area contributed by atoms with Gasteiger partial charge in [-0.3, -0.25) is 14.9 Å². The average Bonchev–Trinajstić information content (AvgIpc) is 2.89. The number of imide groups is 1. The molecule has 0 unspecified atom stereocenters. The molecule has 2 rings (SSSR count). The Kier molecular flexibility index (Phi) is 8.35. The molecule has 2 aliphatic rings. The molecule has 7 nitrogen and oxygen atoms in total. The molecule has 3 amide bonds. The second kappa shape index (κ2) is 10.5. The highest BCUT2D eigenvalue weighted by Crippen LogP contribution is 2.28. The number of urea groups is 1. The molecule has 2 atom stereocenters. The van der Waals surface area contributed by atoms with E-state index in [0.29, 0.717) is 31.7 Å². The Morgan fingerprint density at radius 3 is 2.50 bits per heavy atom. The minimum absolute atomic E-state index is 0.174. The zero-order valence-corrected chi connectivity index (χ0v) is 15.5. The lowest BCUT2D eigenvalue weighted by Gasteiger charge is -2.29. The first-order valence-electron chi connectivity index (χ1n) is 10.0. The predicted molar refractivity (Wildman–Crippen MR) is 96.6 cm³/mol. The molecule has 1 saturated carbocycles. The van der Waals surface area contributed by atoms with Crippen molar-refractivity contribution in [3.8, 4) is 0 Å². The second-order valence-electron chi connectivity index (χ2n) is 7.60. The normalized spacial score (nSPS) is 22.5. The van der Waals surface area contributed by atoms with Gasteiger partial charge >= 0.3 is 12.0 Å². The van der Waals surface area contributed by atoms with Crippen molar-refractivity contribution in [2.24, 2.45) is 5.92 Å². The molecular formula is C19H32N2O5. The molecule has 1 saturated heterocycles. The van der Waals surface area contributed by atoms with Crippen LogP contribution in [0.1, 0.15) is 77.0 Å². The largest absolute Gasteiger partial charge is 0.481 e. The molecular weight excluding hydrogens is 336 g/mol. The number of unbranched alkanes of at least 4 members (excludes halogenated alkanes) is 3. The fourth-order valence-electron chi connectivity index (χ4n) is 4.08. The second-order valence-corrected chi connectivity index (χ2v) is 7.60. The molecule has 0 aromatic carbocycles. The van der Waals surface area contributed by atoms with Gasteiger partial charge in [-0.25, -0.2) is 4.79 Å². The Labute approximate surface area is 155 Å². The summed E-state index contributed by atoms with van der Waals surface area (Å²) in [6.07, 6.45) is 9.62. The predicted octanol–water partition coefficient (Wildman–Crippen LogP) is 2.66. The summed E-state index contributed by atoms with van der Waals surface area (Å²) < 4.78 is 0. The van der Waals surface area contributed by atoms with Gasteiger partial charge in [-0.1, -0.05) is 38.5 Å². The highest BCUT2D eigenvalue weighted by molar-refractivity contribution is 6.04. The van der Waals surface area contributed by atoms with Crippen LogP contribution >= 0.6 is 0 Å². The van der Waals surface area contributed by atoms with Crippen molar-refractivity contribution in [3.63, 3.8) is 0 Å². The van der Waals surface area contributed by atoms with Crippen LogP contribution in [0.4, 0.5) is 4.79 Å². The van der Waals surface area contributed by atoms with E-state index in [2.05, 4.69) is 5.32 Å². The lowest BCUT2D eigenvalue weighted by molar-refractivity contribution is -0.137. The Hall–Kier alpha value is -1.63. The Balaban J connectivity index is 1.73. The number of aliphatic hydroxyl groups is 1. The van der Waals surface area contributed by atoms with Crippen molar-refractivity contribution in [2.45, 2.75) is 89.2 Å². The molecule has 148 valence electrons. The van der Waals surface area contributed by atoms with E-state index in [1.165, 1.54) is 6.42 Å². The van der Waals surface area contributed by atoms with Gasteiger partial charge < -0.3 is 15.1 Å². The number of hydrogen-bond donors (Lipinski definition) is 3. The van der Waals surface area contributed by atoms with Crippen LogP contribution in [0.25, 0.3) is 0 Å². The fraction of sp³-hybridized carbons (Fsp3) is 0.842. The van der Waals surface area contributed by atoms with Crippen molar-refractivity contribution in [2.75, 3.05) is 6.54 Å². The van der Waals surface area contributed by atoms with Gasteiger partial charge in [0.25, 0.3) is 5.91 Å². The van der Waals surface area contributed by atoms with Crippen molar-refractivity contribution >= 4 is 17.9 Å². The van der Waals surface area contributed by atoms with E-state index in [1.54, 1.807) is 4.90 Å². The molecule has 0 aromatic heterocycles. The standard InChI is InChI=1S/C19H32N2O5/c22-16(14-8-4-3-5-9-14)12-13-21-15(18(25)20-19(21)26)10-6-1-2-7-11-17(23)24/h14-16,22H,1-13H2,(H,23,24)(H,20,25,26)/t15-,16+/m1/s1. The van der Waals surface area contributed by atoms with E-state index in [0.717, 1.165) is 44.9 Å². The summed E-state index contributed by atoms with van der Waals surface area (Å²) in [5.74, 6) is -0.723. The molecule has 2 fully saturated rings. The lowest BCUT2D eigenvalue weighted by atomic mass is 9.84. The van der Waals surface area contributed by atoms with Crippen molar-refractivity contribution in [1.82, 2.24) is 10.2 Å². The number of aliphatic carboxylic acids is 1. The zero-order valence-electron chi connectivity index (χ0n) is 15.5. The molecule has 1 heterocycles. The third-order valence-corrected chi connectivity index (χ3v) is 5.65. The van der Waals surface area contributed by atoms with E-state index in [-0.39, 0.29) is 18.4 Å². The summed E-state index contributed by atoms with van der Waals surface area (Å²) >= 11 is 0. The van der Waals surface area contributed by atoms with Gasteiger partial charge in [0.1, 0.15) is 6.04 Å². The van der Waals surface area contributed by atoms with Gasteiger partial charge in [0.2, 0.25) is 0 Å². The van der Waals surface area contributed by atoms with Crippen LogP contribution in [-0.4, -0.2) is 51.7 Å². The number of carbonyl (C=O) groups is 3. The molecule has 0 aromatic rings. The zero-order chi connectivity index (χ0) is 18.9. The topological polar surface area (TPSA) is 107 Å². The number of amides is 3. The quantitative estimate of drug-likeness (QED) is 0.384. The fourth-order valence-corrected chi connectivity index (χ4v) is 4.08. The number of aliphatic hydroxyl groups excluding tert-OH is 1. The van der Waals surface area contributed by atoms with Gasteiger partial charge in [0, 0.05) is 13.0 Å². The van der Waals surface area contributed by atoms with Crippen LogP contribution in [0.5, 0.6) is 0 Å². The number of carboxylic acid groups (broad SMARTS) is 1. The van der Waals surface area contributed by atoms with E-state index >= 15 is 0 Å². The molecule has 3 N–H and O–H groups in total. The lowest BCUT2D eigenvalue weighted by Crippen LogP contribution is -2.38. The van der Waals surface area contributed by atoms with E-state index in [4.69, 9.17) is 5.11 Å². The maximum atomic E-state index is 12.0. The number of rotatable bonds is 11. The van der Waals surface area contributed by atoms with Crippen LogP contribution in [-0.2, 0) is 9.59 Å². The molecule has 7 heteroatoms. The minimum Gasteiger partial charge on any atom is -0.481 e. The smallest absolute Gasteiger partial charge is 0.324 e. The van der Waals surface area contributed by atoms with Gasteiger partial charge in [-0.15, -0.1) is 0 Å². The SMILES string of the molecule is O=C(O)CCCCCC[C@@H]1C(=O)NC(=O)N1CC[C@H](O)C1CCCCC1. The van der Waals surface area contributed by atoms with E-state index in [9.17, 15) is 19.5 Å².